The fraction of sp³-hybridized carbons (Fsp3) is 0.192. The zero-order chi connectivity index (χ0) is 22.5. The van der Waals surface area contributed by atoms with E-state index in [2.05, 4.69) is 10.3 Å². The van der Waals surface area contributed by atoms with Gasteiger partial charge in [-0.15, -0.1) is 0 Å². The third-order valence-electron chi connectivity index (χ3n) is 6.39. The molecular formula is C26H22N4O3. The monoisotopic (exact) mass is 438 g/mol. The number of hydrogen-bond acceptors (Lipinski definition) is 3. The third kappa shape index (κ3) is 3.51. The molecule has 1 saturated carbocycles. The van der Waals surface area contributed by atoms with Crippen LogP contribution in [-0.4, -0.2) is 33.1 Å². The van der Waals surface area contributed by atoms with Crippen LogP contribution in [0.25, 0.3) is 22.2 Å². The molecule has 4 aromatic rings. The van der Waals surface area contributed by atoms with Gasteiger partial charge in [0.15, 0.2) is 0 Å². The van der Waals surface area contributed by atoms with Crippen LogP contribution in [0.4, 0.5) is 10.5 Å². The number of fused-ring (bicyclic) bond motifs is 2. The average molecular weight is 438 g/mol. The van der Waals surface area contributed by atoms with Crippen LogP contribution in [0, 0.1) is 0 Å². The Hall–Kier alpha value is -4.13. The molecule has 1 aliphatic heterocycles. The van der Waals surface area contributed by atoms with E-state index in [0.717, 1.165) is 40.6 Å². The first-order valence-electron chi connectivity index (χ1n) is 11.1. The van der Waals surface area contributed by atoms with E-state index in [1.165, 1.54) is 4.90 Å². The van der Waals surface area contributed by atoms with Crippen LogP contribution in [-0.2, 0) is 6.42 Å². The van der Waals surface area contributed by atoms with Gasteiger partial charge in [0.1, 0.15) is 11.9 Å². The lowest BCUT2D eigenvalue weighted by Crippen LogP contribution is -2.31. The number of imidazole rings is 1. The second-order valence-corrected chi connectivity index (χ2v) is 8.68. The van der Waals surface area contributed by atoms with Gasteiger partial charge in [-0.25, -0.2) is 9.78 Å². The highest BCUT2D eigenvalue weighted by Gasteiger charge is 2.36. The van der Waals surface area contributed by atoms with Gasteiger partial charge in [-0.1, -0.05) is 36.4 Å². The molecule has 0 spiro atoms. The van der Waals surface area contributed by atoms with Gasteiger partial charge in [-0.3, -0.25) is 9.69 Å². The minimum atomic E-state index is -0.989. The summed E-state index contributed by atoms with van der Waals surface area (Å²) in [5.74, 6) is 0.603. The van der Waals surface area contributed by atoms with Crippen LogP contribution in [0.5, 0.6) is 0 Å². The summed E-state index contributed by atoms with van der Waals surface area (Å²) < 4.78 is 0. The minimum Gasteiger partial charge on any atom is -0.465 e. The quantitative estimate of drug-likeness (QED) is 0.422. The van der Waals surface area contributed by atoms with E-state index in [0.29, 0.717) is 29.5 Å². The Morgan fingerprint density at radius 1 is 1.00 bits per heavy atom. The Kier molecular flexibility index (Phi) is 4.43. The van der Waals surface area contributed by atoms with Crippen LogP contribution in [0.15, 0.2) is 66.7 Å². The maximum absolute atomic E-state index is 12.2. The number of amides is 2. The molecule has 1 aliphatic carbocycles. The number of aromatic amines is 1. The Morgan fingerprint density at radius 3 is 2.52 bits per heavy atom. The van der Waals surface area contributed by atoms with Crippen LogP contribution in [0.3, 0.4) is 0 Å². The fourth-order valence-corrected chi connectivity index (χ4v) is 4.52. The summed E-state index contributed by atoms with van der Waals surface area (Å²) in [5.41, 5.74) is 5.99. The first-order chi connectivity index (χ1) is 16.1. The molecule has 1 atom stereocenters. The summed E-state index contributed by atoms with van der Waals surface area (Å²) >= 11 is 0. The molecule has 0 bridgehead atoms. The van der Waals surface area contributed by atoms with Gasteiger partial charge in [0, 0.05) is 18.0 Å². The Morgan fingerprint density at radius 2 is 1.76 bits per heavy atom. The third-order valence-corrected chi connectivity index (χ3v) is 6.39. The van der Waals surface area contributed by atoms with Crippen molar-refractivity contribution in [1.29, 1.82) is 0 Å². The summed E-state index contributed by atoms with van der Waals surface area (Å²) in [5, 5.41) is 12.8. The molecule has 1 aromatic heterocycles. The number of hydrogen-bond donors (Lipinski definition) is 3. The molecule has 3 N–H and O–H groups in total. The van der Waals surface area contributed by atoms with Gasteiger partial charge in [-0.2, -0.15) is 0 Å². The molecule has 2 heterocycles. The normalized spacial score (nSPS) is 17.2. The van der Waals surface area contributed by atoms with Crippen molar-refractivity contribution < 1.29 is 14.7 Å². The number of benzene rings is 3. The number of carboxylic acid groups (broad SMARTS) is 1. The molecule has 7 heteroatoms. The molecule has 33 heavy (non-hydrogen) atoms. The number of nitrogens with zero attached hydrogens (tertiary/aromatic N) is 2. The van der Waals surface area contributed by atoms with E-state index in [1.54, 1.807) is 0 Å². The lowest BCUT2D eigenvalue weighted by atomic mass is 10.0. The number of aromatic nitrogens is 2. The predicted molar refractivity (Wildman–Crippen MR) is 125 cm³/mol. The number of H-pyrrole nitrogens is 1. The number of para-hydroxylation sites is 1. The maximum atomic E-state index is 12.2. The number of nitrogens with one attached hydrogen (secondary N) is 2. The van der Waals surface area contributed by atoms with Crippen molar-refractivity contribution >= 4 is 28.7 Å². The summed E-state index contributed by atoms with van der Waals surface area (Å²) in [4.78, 5) is 33.7. The SMILES string of the molecule is O=C(NC1CC1)c1ccc(-c2ccc3nc(C4Cc5ccccc5N4C(=O)O)[nH]c3c2)cc1. The van der Waals surface area contributed by atoms with Gasteiger partial charge in [0.05, 0.1) is 16.7 Å². The van der Waals surface area contributed by atoms with Crippen molar-refractivity contribution in [1.82, 2.24) is 15.3 Å². The number of carbonyl (C=O) groups is 2. The molecule has 0 saturated heterocycles. The molecule has 2 aliphatic rings. The molecule has 2 amide bonds. The molecule has 7 nitrogen and oxygen atoms in total. The van der Waals surface area contributed by atoms with E-state index >= 15 is 0 Å². The summed E-state index contributed by atoms with van der Waals surface area (Å²) in [6.45, 7) is 0. The van der Waals surface area contributed by atoms with Crippen molar-refractivity contribution in [2.45, 2.75) is 31.3 Å². The molecular weight excluding hydrogens is 416 g/mol. The highest BCUT2D eigenvalue weighted by Crippen LogP contribution is 2.40. The molecule has 3 aromatic carbocycles. The average Bonchev–Trinajstić information content (AvgIpc) is 3.40. The minimum absolute atomic E-state index is 0.0294. The van der Waals surface area contributed by atoms with Crippen molar-refractivity contribution in [2.75, 3.05) is 4.90 Å². The van der Waals surface area contributed by atoms with Crippen molar-refractivity contribution in [3.63, 3.8) is 0 Å². The highest BCUT2D eigenvalue weighted by atomic mass is 16.4. The molecule has 6 rings (SSSR count). The summed E-state index contributed by atoms with van der Waals surface area (Å²) in [6.07, 6.45) is 1.72. The Labute approximate surface area is 190 Å². The first kappa shape index (κ1) is 19.5. The molecule has 164 valence electrons. The highest BCUT2D eigenvalue weighted by molar-refractivity contribution is 5.95. The fourth-order valence-electron chi connectivity index (χ4n) is 4.52. The van der Waals surface area contributed by atoms with Gasteiger partial charge in [0.2, 0.25) is 0 Å². The van der Waals surface area contributed by atoms with Crippen LogP contribution < -0.4 is 10.2 Å². The maximum Gasteiger partial charge on any atom is 0.412 e. The van der Waals surface area contributed by atoms with E-state index in [1.807, 2.05) is 66.7 Å². The largest absolute Gasteiger partial charge is 0.465 e. The van der Waals surface area contributed by atoms with Crippen LogP contribution in [0.2, 0.25) is 0 Å². The molecule has 1 unspecified atom stereocenters. The summed E-state index contributed by atoms with van der Waals surface area (Å²) in [7, 11) is 0. The Bertz CT molecular complexity index is 1390. The second kappa shape index (κ2) is 7.48. The summed E-state index contributed by atoms with van der Waals surface area (Å²) in [6, 6.07) is 21.0. The lowest BCUT2D eigenvalue weighted by molar-refractivity contribution is 0.0951. The number of rotatable bonds is 4. The van der Waals surface area contributed by atoms with Crippen molar-refractivity contribution in [3.05, 3.63) is 83.7 Å². The van der Waals surface area contributed by atoms with Crippen LogP contribution >= 0.6 is 0 Å². The topological polar surface area (TPSA) is 98.3 Å². The Balaban J connectivity index is 1.29. The number of anilines is 1. The van der Waals surface area contributed by atoms with E-state index < -0.39 is 6.09 Å². The standard InChI is InChI=1S/C26H22N4O3/c31-25(27-19-10-11-19)16-7-5-15(6-8-16)17-9-12-20-21(13-17)29-24(28-20)23-14-18-3-1-2-4-22(18)30(23)26(32)33/h1-9,12-13,19,23H,10-11,14H2,(H,27,31)(H,28,29)(H,32,33). The van der Waals surface area contributed by atoms with Gasteiger partial charge < -0.3 is 15.4 Å². The second-order valence-electron chi connectivity index (χ2n) is 8.68. The molecule has 1 fully saturated rings. The van der Waals surface area contributed by atoms with Crippen molar-refractivity contribution in [3.8, 4) is 11.1 Å². The van der Waals surface area contributed by atoms with Crippen molar-refractivity contribution in [2.24, 2.45) is 0 Å². The van der Waals surface area contributed by atoms with Gasteiger partial charge >= 0.3 is 6.09 Å². The first-order valence-corrected chi connectivity index (χ1v) is 11.1. The van der Waals surface area contributed by atoms with E-state index in [4.69, 9.17) is 4.98 Å². The predicted octanol–water partition coefficient (Wildman–Crippen LogP) is 4.90. The van der Waals surface area contributed by atoms with Gasteiger partial charge in [-0.05, 0) is 59.9 Å². The zero-order valence-electron chi connectivity index (χ0n) is 17.8. The molecule has 0 radical (unpaired) electrons. The lowest BCUT2D eigenvalue weighted by Gasteiger charge is -2.20. The zero-order valence-corrected chi connectivity index (χ0v) is 17.8. The van der Waals surface area contributed by atoms with Crippen LogP contribution in [0.1, 0.15) is 40.6 Å². The van der Waals surface area contributed by atoms with E-state index in [9.17, 15) is 14.7 Å². The smallest absolute Gasteiger partial charge is 0.412 e. The number of carbonyl (C=O) groups excluding carboxylic acids is 1. The van der Waals surface area contributed by atoms with Gasteiger partial charge in [0.25, 0.3) is 5.91 Å². The van der Waals surface area contributed by atoms with E-state index in [-0.39, 0.29) is 11.9 Å².